The molecule has 0 aliphatic heterocycles. The molecule has 1 unspecified atom stereocenters. The number of rotatable bonds is 4. The second-order valence-electron chi connectivity index (χ2n) is 5.28. The van der Waals surface area contributed by atoms with Crippen LogP contribution in [0, 0.1) is 0 Å². The van der Waals surface area contributed by atoms with Gasteiger partial charge in [-0.3, -0.25) is 0 Å². The Morgan fingerprint density at radius 1 is 1.29 bits per heavy atom. The van der Waals surface area contributed by atoms with Crippen molar-refractivity contribution in [3.8, 4) is 11.6 Å². The molecule has 4 heteroatoms. The van der Waals surface area contributed by atoms with E-state index in [0.717, 1.165) is 30.6 Å². The fraction of sp³-hybridized carbons (Fsp3) is 0.353. The van der Waals surface area contributed by atoms with Crippen molar-refractivity contribution >= 4 is 0 Å². The summed E-state index contributed by atoms with van der Waals surface area (Å²) < 4.78 is 11.3. The Morgan fingerprint density at radius 3 is 3.05 bits per heavy atom. The van der Waals surface area contributed by atoms with Crippen LogP contribution >= 0.6 is 0 Å². The van der Waals surface area contributed by atoms with E-state index in [2.05, 4.69) is 11.1 Å². The number of benzene rings is 1. The van der Waals surface area contributed by atoms with Gasteiger partial charge in [0.15, 0.2) is 0 Å². The van der Waals surface area contributed by atoms with Gasteiger partial charge in [0, 0.05) is 12.2 Å². The van der Waals surface area contributed by atoms with Crippen LogP contribution in [0.1, 0.15) is 35.6 Å². The van der Waals surface area contributed by atoms with Gasteiger partial charge in [-0.1, -0.05) is 12.1 Å². The quantitative estimate of drug-likeness (QED) is 0.937. The zero-order valence-electron chi connectivity index (χ0n) is 12.2. The minimum atomic E-state index is 0.130. The minimum absolute atomic E-state index is 0.130. The number of aromatic nitrogens is 1. The lowest BCUT2D eigenvalue weighted by molar-refractivity contribution is 0.289. The first-order valence-corrected chi connectivity index (χ1v) is 7.27. The zero-order chi connectivity index (χ0) is 14.7. The second-order valence-corrected chi connectivity index (χ2v) is 5.28. The van der Waals surface area contributed by atoms with Crippen LogP contribution in [0.3, 0.4) is 0 Å². The predicted molar refractivity (Wildman–Crippen MR) is 81.4 cm³/mol. The average Bonchev–Trinajstić information content (AvgIpc) is 2.53. The second kappa shape index (κ2) is 6.14. The van der Waals surface area contributed by atoms with E-state index in [4.69, 9.17) is 15.2 Å². The van der Waals surface area contributed by atoms with Crippen molar-refractivity contribution in [3.63, 3.8) is 0 Å². The third kappa shape index (κ3) is 2.85. The number of ether oxygens (including phenoxy) is 2. The van der Waals surface area contributed by atoms with Crippen LogP contribution in [0.4, 0.5) is 0 Å². The fourth-order valence-electron chi connectivity index (χ4n) is 2.86. The Hall–Kier alpha value is -2.07. The molecule has 1 aromatic heterocycles. The molecule has 1 aromatic carbocycles. The SMILES string of the molecule is COc1ncccc1COc1cccc2c1CCCC2N. The van der Waals surface area contributed by atoms with E-state index in [1.807, 2.05) is 24.3 Å². The lowest BCUT2D eigenvalue weighted by Crippen LogP contribution is -2.18. The molecule has 0 spiro atoms. The first kappa shape index (κ1) is 13.9. The van der Waals surface area contributed by atoms with Gasteiger partial charge in [-0.25, -0.2) is 4.98 Å². The number of nitrogens with zero attached hydrogens (tertiary/aromatic N) is 1. The molecule has 0 amide bonds. The summed E-state index contributed by atoms with van der Waals surface area (Å²) in [7, 11) is 1.62. The maximum atomic E-state index is 6.18. The van der Waals surface area contributed by atoms with Gasteiger partial charge in [-0.15, -0.1) is 0 Å². The topological polar surface area (TPSA) is 57.4 Å². The van der Waals surface area contributed by atoms with Gasteiger partial charge >= 0.3 is 0 Å². The molecular formula is C17H20N2O2. The Bertz CT molecular complexity index is 628. The lowest BCUT2D eigenvalue weighted by atomic mass is 9.87. The lowest BCUT2D eigenvalue weighted by Gasteiger charge is -2.24. The maximum absolute atomic E-state index is 6.18. The molecule has 1 heterocycles. The van der Waals surface area contributed by atoms with Crippen LogP contribution in [-0.4, -0.2) is 12.1 Å². The van der Waals surface area contributed by atoms with Gasteiger partial charge < -0.3 is 15.2 Å². The first-order chi connectivity index (χ1) is 10.3. The number of pyridine rings is 1. The van der Waals surface area contributed by atoms with E-state index in [1.54, 1.807) is 13.3 Å². The monoisotopic (exact) mass is 284 g/mol. The summed E-state index contributed by atoms with van der Waals surface area (Å²) in [5.74, 6) is 1.53. The highest BCUT2D eigenvalue weighted by molar-refractivity contribution is 5.43. The van der Waals surface area contributed by atoms with Crippen LogP contribution in [0.15, 0.2) is 36.5 Å². The van der Waals surface area contributed by atoms with Crippen LogP contribution in [0.5, 0.6) is 11.6 Å². The fourth-order valence-corrected chi connectivity index (χ4v) is 2.86. The molecule has 2 aromatic rings. The molecule has 21 heavy (non-hydrogen) atoms. The van der Waals surface area contributed by atoms with E-state index in [-0.39, 0.29) is 6.04 Å². The summed E-state index contributed by atoms with van der Waals surface area (Å²) >= 11 is 0. The van der Waals surface area contributed by atoms with Gasteiger partial charge in [0.05, 0.1) is 12.7 Å². The molecule has 2 N–H and O–H groups in total. The van der Waals surface area contributed by atoms with E-state index in [9.17, 15) is 0 Å². The number of hydrogen-bond acceptors (Lipinski definition) is 4. The highest BCUT2D eigenvalue weighted by Gasteiger charge is 2.20. The third-order valence-corrected chi connectivity index (χ3v) is 3.94. The van der Waals surface area contributed by atoms with E-state index >= 15 is 0 Å². The minimum Gasteiger partial charge on any atom is -0.488 e. The number of hydrogen-bond donors (Lipinski definition) is 1. The Morgan fingerprint density at radius 2 is 2.19 bits per heavy atom. The maximum Gasteiger partial charge on any atom is 0.219 e. The molecule has 4 nitrogen and oxygen atoms in total. The van der Waals surface area contributed by atoms with Gasteiger partial charge in [0.1, 0.15) is 12.4 Å². The van der Waals surface area contributed by atoms with Crippen LogP contribution in [0.25, 0.3) is 0 Å². The molecule has 0 saturated heterocycles. The molecule has 0 radical (unpaired) electrons. The Labute approximate surface area is 124 Å². The van der Waals surface area contributed by atoms with Crippen molar-refractivity contribution in [2.75, 3.05) is 7.11 Å². The van der Waals surface area contributed by atoms with E-state index in [1.165, 1.54) is 11.1 Å². The van der Waals surface area contributed by atoms with Gasteiger partial charge in [0.25, 0.3) is 0 Å². The summed E-state index contributed by atoms with van der Waals surface area (Å²) in [4.78, 5) is 4.19. The van der Waals surface area contributed by atoms with E-state index in [0.29, 0.717) is 12.5 Å². The number of methoxy groups -OCH3 is 1. The summed E-state index contributed by atoms with van der Waals surface area (Å²) in [5.41, 5.74) is 9.59. The average molecular weight is 284 g/mol. The predicted octanol–water partition coefficient (Wildman–Crippen LogP) is 3.01. The molecule has 1 atom stereocenters. The number of nitrogens with two attached hydrogens (primary N) is 1. The largest absolute Gasteiger partial charge is 0.488 e. The highest BCUT2D eigenvalue weighted by atomic mass is 16.5. The first-order valence-electron chi connectivity index (χ1n) is 7.27. The molecule has 1 aliphatic carbocycles. The normalized spacial score (nSPS) is 17.1. The molecular weight excluding hydrogens is 264 g/mol. The van der Waals surface area contributed by atoms with Crippen molar-refractivity contribution in [1.82, 2.24) is 4.98 Å². The third-order valence-electron chi connectivity index (χ3n) is 3.94. The van der Waals surface area contributed by atoms with Crippen molar-refractivity contribution in [3.05, 3.63) is 53.2 Å². The molecule has 0 bridgehead atoms. The Balaban J connectivity index is 1.81. The molecule has 0 fully saturated rings. The standard InChI is InChI=1S/C17H20N2O2/c1-20-17-12(5-4-10-19-17)11-21-16-9-3-6-13-14(16)7-2-8-15(13)18/h3-6,9-10,15H,2,7-8,11,18H2,1H3. The molecule has 110 valence electrons. The summed E-state index contributed by atoms with van der Waals surface area (Å²) in [6.07, 6.45) is 4.91. The van der Waals surface area contributed by atoms with Crippen molar-refractivity contribution < 1.29 is 9.47 Å². The van der Waals surface area contributed by atoms with Gasteiger partial charge in [-0.2, -0.15) is 0 Å². The van der Waals surface area contributed by atoms with Crippen LogP contribution in [-0.2, 0) is 13.0 Å². The van der Waals surface area contributed by atoms with Crippen LogP contribution < -0.4 is 15.2 Å². The van der Waals surface area contributed by atoms with Gasteiger partial charge in [-0.05, 0) is 48.6 Å². The van der Waals surface area contributed by atoms with Crippen LogP contribution in [0.2, 0.25) is 0 Å². The number of fused-ring (bicyclic) bond motifs is 1. The highest BCUT2D eigenvalue weighted by Crippen LogP contribution is 2.34. The summed E-state index contributed by atoms with van der Waals surface area (Å²) in [5, 5.41) is 0. The smallest absolute Gasteiger partial charge is 0.219 e. The van der Waals surface area contributed by atoms with E-state index < -0.39 is 0 Å². The Kier molecular flexibility index (Phi) is 4.06. The summed E-state index contributed by atoms with van der Waals surface area (Å²) in [6.45, 7) is 0.447. The zero-order valence-corrected chi connectivity index (χ0v) is 12.2. The molecule has 0 saturated carbocycles. The van der Waals surface area contributed by atoms with Gasteiger partial charge in [0.2, 0.25) is 5.88 Å². The molecule has 3 rings (SSSR count). The van der Waals surface area contributed by atoms with Crippen molar-refractivity contribution in [1.29, 1.82) is 0 Å². The van der Waals surface area contributed by atoms with Crippen molar-refractivity contribution in [2.45, 2.75) is 31.9 Å². The summed E-state index contributed by atoms with van der Waals surface area (Å²) in [6, 6.07) is 10.1. The molecule has 1 aliphatic rings. The van der Waals surface area contributed by atoms with Crippen molar-refractivity contribution in [2.24, 2.45) is 5.73 Å².